The molecule has 0 radical (unpaired) electrons. The Morgan fingerprint density at radius 2 is 1.57 bits per heavy atom. The smallest absolute Gasteiger partial charge is 0.306 e. The molecule has 0 aliphatic rings. The molecule has 0 N–H and O–H groups in total. The molecule has 0 atom stereocenters. The first-order chi connectivity index (χ1) is 6.63. The molecule has 0 aliphatic heterocycles. The summed E-state index contributed by atoms with van der Waals surface area (Å²) >= 11 is 0. The molecule has 0 unspecified atom stereocenters. The standard InChI is InChI=1S/C10H18O4/c1-4-8(5-2)14-10(12)7-6-9(11)13-3/h8H,4-7H2,1-3H3. The summed E-state index contributed by atoms with van der Waals surface area (Å²) in [5.74, 6) is -0.712. The van der Waals surface area contributed by atoms with E-state index < -0.39 is 0 Å². The van der Waals surface area contributed by atoms with E-state index in [1.165, 1.54) is 7.11 Å². The predicted octanol–water partition coefficient (Wildman–Crippen LogP) is 1.67. The maximum Gasteiger partial charge on any atom is 0.306 e. The summed E-state index contributed by atoms with van der Waals surface area (Å²) < 4.78 is 9.51. The van der Waals surface area contributed by atoms with E-state index in [2.05, 4.69) is 4.74 Å². The van der Waals surface area contributed by atoms with Crippen molar-refractivity contribution in [3.63, 3.8) is 0 Å². The third-order valence-electron chi connectivity index (χ3n) is 1.97. The largest absolute Gasteiger partial charge is 0.469 e. The predicted molar refractivity (Wildman–Crippen MR) is 51.7 cm³/mol. The van der Waals surface area contributed by atoms with E-state index in [4.69, 9.17) is 4.74 Å². The molecule has 0 bridgehead atoms. The van der Waals surface area contributed by atoms with Gasteiger partial charge in [0.2, 0.25) is 0 Å². The second-order valence-electron chi connectivity index (χ2n) is 3.00. The minimum Gasteiger partial charge on any atom is -0.469 e. The van der Waals surface area contributed by atoms with Crippen LogP contribution >= 0.6 is 0 Å². The summed E-state index contributed by atoms with van der Waals surface area (Å²) in [4.78, 5) is 21.9. The van der Waals surface area contributed by atoms with E-state index in [-0.39, 0.29) is 30.9 Å². The van der Waals surface area contributed by atoms with Gasteiger partial charge in [0, 0.05) is 0 Å². The molecule has 4 nitrogen and oxygen atoms in total. The molecule has 0 aromatic heterocycles. The lowest BCUT2D eigenvalue weighted by molar-refractivity contribution is -0.153. The van der Waals surface area contributed by atoms with Gasteiger partial charge in [-0.05, 0) is 12.8 Å². The molecule has 14 heavy (non-hydrogen) atoms. The Kier molecular flexibility index (Phi) is 6.80. The Balaban J connectivity index is 3.69. The average Bonchev–Trinajstić information content (AvgIpc) is 2.22. The van der Waals surface area contributed by atoms with Crippen LogP contribution < -0.4 is 0 Å². The zero-order valence-electron chi connectivity index (χ0n) is 9.04. The average molecular weight is 202 g/mol. The van der Waals surface area contributed by atoms with E-state index in [1.807, 2.05) is 13.8 Å². The fourth-order valence-electron chi connectivity index (χ4n) is 1.01. The van der Waals surface area contributed by atoms with E-state index in [0.29, 0.717) is 0 Å². The minimum absolute atomic E-state index is 0.0276. The first-order valence-corrected chi connectivity index (χ1v) is 4.90. The van der Waals surface area contributed by atoms with Gasteiger partial charge in [0.15, 0.2) is 0 Å². The number of ether oxygens (including phenoxy) is 2. The van der Waals surface area contributed by atoms with Crippen LogP contribution in [0.4, 0.5) is 0 Å². The van der Waals surface area contributed by atoms with Crippen LogP contribution in [0.15, 0.2) is 0 Å². The molecule has 4 heteroatoms. The highest BCUT2D eigenvalue weighted by Crippen LogP contribution is 2.05. The van der Waals surface area contributed by atoms with Crippen molar-refractivity contribution in [3.8, 4) is 0 Å². The molecule has 0 fully saturated rings. The van der Waals surface area contributed by atoms with Crippen molar-refractivity contribution in [2.75, 3.05) is 7.11 Å². The van der Waals surface area contributed by atoms with Crippen LogP contribution in [-0.4, -0.2) is 25.2 Å². The lowest BCUT2D eigenvalue weighted by atomic mass is 10.2. The van der Waals surface area contributed by atoms with Crippen LogP contribution in [0.1, 0.15) is 39.5 Å². The molecule has 0 heterocycles. The van der Waals surface area contributed by atoms with Gasteiger partial charge < -0.3 is 9.47 Å². The monoisotopic (exact) mass is 202 g/mol. The normalized spacial score (nSPS) is 10.0. The molecule has 0 saturated carbocycles. The molecule has 82 valence electrons. The molecule has 0 aromatic rings. The van der Waals surface area contributed by atoms with Crippen molar-refractivity contribution in [1.29, 1.82) is 0 Å². The highest BCUT2D eigenvalue weighted by Gasteiger charge is 2.12. The van der Waals surface area contributed by atoms with Crippen LogP contribution in [0.2, 0.25) is 0 Å². The number of rotatable bonds is 6. The fraction of sp³-hybridized carbons (Fsp3) is 0.800. The van der Waals surface area contributed by atoms with Gasteiger partial charge in [-0.3, -0.25) is 9.59 Å². The van der Waals surface area contributed by atoms with Crippen molar-refractivity contribution in [3.05, 3.63) is 0 Å². The molecule has 0 amide bonds. The second-order valence-corrected chi connectivity index (χ2v) is 3.00. The summed E-state index contributed by atoms with van der Waals surface area (Å²) in [6, 6.07) is 0. The molecule has 0 aromatic carbocycles. The summed E-state index contributed by atoms with van der Waals surface area (Å²) in [7, 11) is 1.30. The van der Waals surface area contributed by atoms with E-state index in [0.717, 1.165) is 12.8 Å². The SMILES string of the molecule is CCC(CC)OC(=O)CCC(=O)OC. The first-order valence-electron chi connectivity index (χ1n) is 4.90. The topological polar surface area (TPSA) is 52.6 Å². The zero-order chi connectivity index (χ0) is 11.0. The zero-order valence-corrected chi connectivity index (χ0v) is 9.04. The van der Waals surface area contributed by atoms with Gasteiger partial charge in [-0.25, -0.2) is 0 Å². The Morgan fingerprint density at radius 1 is 1.07 bits per heavy atom. The van der Waals surface area contributed by atoms with Gasteiger partial charge in [0.25, 0.3) is 0 Å². The second kappa shape index (κ2) is 7.35. The quantitative estimate of drug-likeness (QED) is 0.615. The van der Waals surface area contributed by atoms with Crippen LogP contribution in [-0.2, 0) is 19.1 Å². The van der Waals surface area contributed by atoms with E-state index >= 15 is 0 Å². The number of methoxy groups -OCH3 is 1. The Labute approximate surface area is 84.6 Å². The number of carbonyl (C=O) groups is 2. The Hall–Kier alpha value is -1.06. The summed E-state index contributed by atoms with van der Waals surface area (Å²) in [6.07, 6.45) is 1.78. The van der Waals surface area contributed by atoms with Gasteiger partial charge in [-0.1, -0.05) is 13.8 Å². The molecule has 0 spiro atoms. The van der Waals surface area contributed by atoms with Crippen molar-refractivity contribution in [1.82, 2.24) is 0 Å². The highest BCUT2D eigenvalue weighted by atomic mass is 16.5. The highest BCUT2D eigenvalue weighted by molar-refractivity contribution is 5.77. The number of hydrogen-bond acceptors (Lipinski definition) is 4. The van der Waals surface area contributed by atoms with Crippen LogP contribution in [0, 0.1) is 0 Å². The van der Waals surface area contributed by atoms with Gasteiger partial charge in [0.05, 0.1) is 20.0 Å². The number of carbonyl (C=O) groups excluding carboxylic acids is 2. The van der Waals surface area contributed by atoms with E-state index in [1.54, 1.807) is 0 Å². The van der Waals surface area contributed by atoms with Crippen LogP contribution in [0.5, 0.6) is 0 Å². The number of esters is 2. The van der Waals surface area contributed by atoms with Crippen LogP contribution in [0.25, 0.3) is 0 Å². The lowest BCUT2D eigenvalue weighted by Gasteiger charge is -2.13. The number of hydrogen-bond donors (Lipinski definition) is 0. The van der Waals surface area contributed by atoms with Gasteiger partial charge in [-0.15, -0.1) is 0 Å². The van der Waals surface area contributed by atoms with Crippen molar-refractivity contribution in [2.24, 2.45) is 0 Å². The maximum absolute atomic E-state index is 11.2. The lowest BCUT2D eigenvalue weighted by Crippen LogP contribution is -2.17. The third-order valence-corrected chi connectivity index (χ3v) is 1.97. The van der Waals surface area contributed by atoms with Gasteiger partial charge >= 0.3 is 11.9 Å². The summed E-state index contributed by atoms with van der Waals surface area (Å²) in [5, 5.41) is 0. The van der Waals surface area contributed by atoms with Crippen LogP contribution in [0.3, 0.4) is 0 Å². The fourth-order valence-corrected chi connectivity index (χ4v) is 1.01. The van der Waals surface area contributed by atoms with Gasteiger partial charge in [0.1, 0.15) is 6.10 Å². The maximum atomic E-state index is 11.2. The van der Waals surface area contributed by atoms with Crippen molar-refractivity contribution >= 4 is 11.9 Å². The Morgan fingerprint density at radius 3 is 2.00 bits per heavy atom. The molecule has 0 saturated heterocycles. The summed E-state index contributed by atoms with van der Waals surface area (Å²) in [6.45, 7) is 3.92. The Bertz CT molecular complexity index is 185. The molecule has 0 aliphatic carbocycles. The third kappa shape index (κ3) is 5.56. The molecular weight excluding hydrogens is 184 g/mol. The van der Waals surface area contributed by atoms with Gasteiger partial charge in [-0.2, -0.15) is 0 Å². The molecular formula is C10H18O4. The summed E-state index contributed by atoms with van der Waals surface area (Å²) in [5.41, 5.74) is 0. The first kappa shape index (κ1) is 12.9. The van der Waals surface area contributed by atoms with E-state index in [9.17, 15) is 9.59 Å². The minimum atomic E-state index is -0.383. The van der Waals surface area contributed by atoms with Crippen molar-refractivity contribution in [2.45, 2.75) is 45.6 Å². The van der Waals surface area contributed by atoms with Crippen molar-refractivity contribution < 1.29 is 19.1 Å². The molecule has 0 rings (SSSR count).